The highest BCUT2D eigenvalue weighted by Gasteiger charge is 2.09. The summed E-state index contributed by atoms with van der Waals surface area (Å²) < 4.78 is 12.2. The molecule has 0 fully saturated rings. The molecular weight excluding hydrogens is 392 g/mol. The number of benzene rings is 1. The Hall–Kier alpha value is -1.70. The van der Waals surface area contributed by atoms with Crippen LogP contribution in [0.2, 0.25) is 0 Å². The first kappa shape index (κ1) is 28.3. The van der Waals surface area contributed by atoms with Gasteiger partial charge in [-0.25, -0.2) is 0 Å². The number of unbranched alkanes of at least 4 members (excludes halogenated alkanes) is 14. The fraction of sp³-hybridized carbons (Fsp3) is 0.667. The van der Waals surface area contributed by atoms with Gasteiger partial charge in [-0.3, -0.25) is 0 Å². The molecule has 0 unspecified atom stereocenters. The smallest absolute Gasteiger partial charge is 0.127 e. The maximum absolute atomic E-state index is 6.09. The lowest BCUT2D eigenvalue weighted by Crippen LogP contribution is -2.02. The van der Waals surface area contributed by atoms with Gasteiger partial charge < -0.3 is 9.47 Å². The summed E-state index contributed by atoms with van der Waals surface area (Å²) in [7, 11) is 0. The molecule has 0 radical (unpaired) electrons. The van der Waals surface area contributed by atoms with E-state index in [-0.39, 0.29) is 0 Å². The summed E-state index contributed by atoms with van der Waals surface area (Å²) in [5.74, 6) is 1.77. The van der Waals surface area contributed by atoms with Crippen molar-refractivity contribution in [1.29, 1.82) is 0 Å². The summed E-state index contributed by atoms with van der Waals surface area (Å²) in [5, 5.41) is 0. The van der Waals surface area contributed by atoms with Crippen molar-refractivity contribution in [3.63, 3.8) is 0 Å². The van der Waals surface area contributed by atoms with E-state index in [2.05, 4.69) is 39.1 Å². The van der Waals surface area contributed by atoms with E-state index >= 15 is 0 Å². The highest BCUT2D eigenvalue weighted by molar-refractivity contribution is 5.66. The maximum Gasteiger partial charge on any atom is 0.127 e. The van der Waals surface area contributed by atoms with Gasteiger partial charge in [0, 0.05) is 11.1 Å². The first-order chi connectivity index (χ1) is 15.8. The summed E-state index contributed by atoms with van der Waals surface area (Å²) in [5.41, 5.74) is 2.00. The lowest BCUT2D eigenvalue weighted by Gasteiger charge is -2.15. The van der Waals surface area contributed by atoms with Crippen molar-refractivity contribution >= 4 is 12.2 Å². The Labute approximate surface area is 199 Å². The predicted octanol–water partition coefficient (Wildman–Crippen LogP) is 10.0. The first-order valence-electron chi connectivity index (χ1n) is 13.4. The van der Waals surface area contributed by atoms with Crippen molar-refractivity contribution in [3.05, 3.63) is 36.4 Å². The van der Waals surface area contributed by atoms with Gasteiger partial charge in [0.1, 0.15) is 11.5 Å². The molecule has 0 heterocycles. The van der Waals surface area contributed by atoms with Gasteiger partial charge in [-0.2, -0.15) is 0 Å². The lowest BCUT2D eigenvalue weighted by molar-refractivity contribution is 0.295. The van der Waals surface area contributed by atoms with Crippen molar-refractivity contribution in [2.24, 2.45) is 0 Å². The third-order valence-corrected chi connectivity index (χ3v) is 6.09. The Bertz CT molecular complexity index is 551. The van der Waals surface area contributed by atoms with Crippen LogP contribution in [0.5, 0.6) is 11.5 Å². The van der Waals surface area contributed by atoms with E-state index in [0.717, 1.165) is 48.7 Å². The standard InChI is InChI=1S/C30H50O2/c1-5-9-11-13-15-17-19-21-23-31-29-25-28(8-4)30(26-27(29)7-3)32-24-22-20-18-16-14-12-10-6-2/h7-8,25-26H,3-6,9-24H2,1-2H3. The molecule has 0 aliphatic heterocycles. The molecule has 0 aliphatic rings. The lowest BCUT2D eigenvalue weighted by atomic mass is 10.1. The Kier molecular flexibility index (Phi) is 17.7. The zero-order valence-electron chi connectivity index (χ0n) is 21.3. The maximum atomic E-state index is 6.09. The average Bonchev–Trinajstić information content (AvgIpc) is 2.82. The number of ether oxygens (including phenoxy) is 2. The van der Waals surface area contributed by atoms with Gasteiger partial charge in [0.25, 0.3) is 0 Å². The highest BCUT2D eigenvalue weighted by atomic mass is 16.5. The zero-order valence-corrected chi connectivity index (χ0v) is 21.3. The molecule has 1 aromatic carbocycles. The van der Waals surface area contributed by atoms with Gasteiger partial charge in [-0.1, -0.05) is 129 Å². The van der Waals surface area contributed by atoms with E-state index < -0.39 is 0 Å². The monoisotopic (exact) mass is 442 g/mol. The summed E-state index contributed by atoms with van der Waals surface area (Å²) in [6.07, 6.45) is 24.6. The number of hydrogen-bond donors (Lipinski definition) is 0. The van der Waals surface area contributed by atoms with Gasteiger partial charge in [-0.15, -0.1) is 0 Å². The SMILES string of the molecule is C=Cc1cc(OCCCCCCCCCC)c(C=C)cc1OCCCCCCCCCC. The molecule has 2 heteroatoms. The van der Waals surface area contributed by atoms with Crippen molar-refractivity contribution < 1.29 is 9.47 Å². The third-order valence-electron chi connectivity index (χ3n) is 6.09. The molecule has 1 aromatic rings. The van der Waals surface area contributed by atoms with E-state index in [1.165, 1.54) is 89.9 Å². The molecule has 0 aromatic heterocycles. The summed E-state index contributed by atoms with van der Waals surface area (Å²) >= 11 is 0. The van der Waals surface area contributed by atoms with Gasteiger partial charge in [0.2, 0.25) is 0 Å². The van der Waals surface area contributed by atoms with Crippen LogP contribution < -0.4 is 9.47 Å². The second-order valence-corrected chi connectivity index (χ2v) is 8.98. The van der Waals surface area contributed by atoms with Gasteiger partial charge in [0.15, 0.2) is 0 Å². The largest absolute Gasteiger partial charge is 0.493 e. The Morgan fingerprint density at radius 3 is 1.16 bits per heavy atom. The quantitative estimate of drug-likeness (QED) is 0.166. The molecule has 1 rings (SSSR count). The molecule has 182 valence electrons. The third kappa shape index (κ3) is 13.0. The fourth-order valence-electron chi connectivity index (χ4n) is 4.00. The van der Waals surface area contributed by atoms with Gasteiger partial charge >= 0.3 is 0 Å². The van der Waals surface area contributed by atoms with E-state index in [0.29, 0.717) is 0 Å². The predicted molar refractivity (Wildman–Crippen MR) is 143 cm³/mol. The van der Waals surface area contributed by atoms with E-state index in [1.54, 1.807) is 0 Å². The van der Waals surface area contributed by atoms with Crippen LogP contribution in [0.4, 0.5) is 0 Å². The van der Waals surface area contributed by atoms with Crippen LogP contribution in [0.15, 0.2) is 25.3 Å². The minimum atomic E-state index is 0.755. The van der Waals surface area contributed by atoms with Crippen LogP contribution in [-0.2, 0) is 0 Å². The normalized spacial score (nSPS) is 10.8. The van der Waals surface area contributed by atoms with Crippen LogP contribution in [-0.4, -0.2) is 13.2 Å². The minimum Gasteiger partial charge on any atom is -0.493 e. The van der Waals surface area contributed by atoms with Crippen LogP contribution in [0.3, 0.4) is 0 Å². The summed E-state index contributed by atoms with van der Waals surface area (Å²) in [6.45, 7) is 14.0. The van der Waals surface area contributed by atoms with Crippen molar-refractivity contribution in [1.82, 2.24) is 0 Å². The molecule has 0 atom stereocenters. The van der Waals surface area contributed by atoms with Crippen LogP contribution in [0.1, 0.15) is 128 Å². The molecule has 0 N–H and O–H groups in total. The summed E-state index contributed by atoms with van der Waals surface area (Å²) in [4.78, 5) is 0. The molecule has 32 heavy (non-hydrogen) atoms. The van der Waals surface area contributed by atoms with Crippen LogP contribution in [0, 0.1) is 0 Å². The molecule has 2 nitrogen and oxygen atoms in total. The average molecular weight is 443 g/mol. The second-order valence-electron chi connectivity index (χ2n) is 8.98. The Morgan fingerprint density at radius 1 is 0.531 bits per heavy atom. The van der Waals surface area contributed by atoms with E-state index in [9.17, 15) is 0 Å². The van der Waals surface area contributed by atoms with E-state index in [1.807, 2.05) is 12.2 Å². The first-order valence-corrected chi connectivity index (χ1v) is 13.4. The van der Waals surface area contributed by atoms with Crippen LogP contribution in [0.25, 0.3) is 12.2 Å². The van der Waals surface area contributed by atoms with Crippen molar-refractivity contribution in [2.45, 2.75) is 117 Å². The molecule has 0 spiro atoms. The van der Waals surface area contributed by atoms with Crippen molar-refractivity contribution in [2.75, 3.05) is 13.2 Å². The molecular formula is C30H50O2. The van der Waals surface area contributed by atoms with Crippen LogP contribution >= 0.6 is 0 Å². The Morgan fingerprint density at radius 2 is 0.844 bits per heavy atom. The molecule has 0 bridgehead atoms. The van der Waals surface area contributed by atoms with Gasteiger partial charge in [0.05, 0.1) is 13.2 Å². The highest BCUT2D eigenvalue weighted by Crippen LogP contribution is 2.31. The zero-order chi connectivity index (χ0) is 23.3. The fourth-order valence-corrected chi connectivity index (χ4v) is 4.00. The van der Waals surface area contributed by atoms with E-state index in [4.69, 9.17) is 9.47 Å². The minimum absolute atomic E-state index is 0.755. The second kappa shape index (κ2) is 19.9. The molecule has 0 amide bonds. The number of hydrogen-bond acceptors (Lipinski definition) is 2. The molecule has 0 aliphatic carbocycles. The molecule has 0 saturated heterocycles. The topological polar surface area (TPSA) is 18.5 Å². The Balaban J connectivity index is 2.34. The summed E-state index contributed by atoms with van der Waals surface area (Å²) in [6, 6.07) is 4.11. The number of rotatable bonds is 22. The van der Waals surface area contributed by atoms with Crippen molar-refractivity contribution in [3.8, 4) is 11.5 Å². The van der Waals surface area contributed by atoms with Gasteiger partial charge in [-0.05, 0) is 25.0 Å². The molecule has 0 saturated carbocycles.